The summed E-state index contributed by atoms with van der Waals surface area (Å²) in [6.45, 7) is 7.47. The molecule has 2 fully saturated rings. The van der Waals surface area contributed by atoms with Crippen LogP contribution in [0.25, 0.3) is 0 Å². The van der Waals surface area contributed by atoms with E-state index in [2.05, 4.69) is 0 Å². The van der Waals surface area contributed by atoms with Gasteiger partial charge >= 0.3 is 0 Å². The summed E-state index contributed by atoms with van der Waals surface area (Å²) < 4.78 is 0. The van der Waals surface area contributed by atoms with Crippen molar-refractivity contribution in [1.82, 2.24) is 9.80 Å². The van der Waals surface area contributed by atoms with Gasteiger partial charge in [0, 0.05) is 24.3 Å². The maximum atomic E-state index is 12.6. The molecule has 0 radical (unpaired) electrons. The van der Waals surface area contributed by atoms with Gasteiger partial charge in [-0.1, -0.05) is 20.8 Å². The monoisotopic (exact) mass is 284 g/mol. The molecule has 0 bridgehead atoms. The number of piperidine rings is 1. The number of rotatable bonds is 1. The topological polar surface area (TPSA) is 40.6 Å². The summed E-state index contributed by atoms with van der Waals surface area (Å²) in [6.07, 6.45) is 3.41. The first-order valence-corrected chi connectivity index (χ1v) is 8.24. The zero-order chi connectivity index (χ0) is 14.0. The van der Waals surface area contributed by atoms with Crippen LogP contribution >= 0.6 is 11.8 Å². The van der Waals surface area contributed by atoms with E-state index < -0.39 is 5.41 Å². The highest BCUT2D eigenvalue weighted by molar-refractivity contribution is 7.99. The number of amides is 2. The van der Waals surface area contributed by atoms with Gasteiger partial charge in [-0.25, -0.2) is 0 Å². The third-order valence-electron chi connectivity index (χ3n) is 3.74. The van der Waals surface area contributed by atoms with Gasteiger partial charge in [0.2, 0.25) is 11.8 Å². The fourth-order valence-corrected chi connectivity index (χ4v) is 3.75. The molecule has 19 heavy (non-hydrogen) atoms. The van der Waals surface area contributed by atoms with Crippen molar-refractivity contribution in [3.63, 3.8) is 0 Å². The first-order chi connectivity index (χ1) is 8.91. The highest BCUT2D eigenvalue weighted by Crippen LogP contribution is 2.28. The Hall–Kier alpha value is -0.710. The Morgan fingerprint density at radius 3 is 2.32 bits per heavy atom. The van der Waals surface area contributed by atoms with E-state index in [0.717, 1.165) is 31.7 Å². The molecule has 1 unspecified atom stereocenters. The van der Waals surface area contributed by atoms with Gasteiger partial charge in [-0.2, -0.15) is 0 Å². The second-order valence-corrected chi connectivity index (χ2v) is 7.43. The molecule has 1 atom stereocenters. The van der Waals surface area contributed by atoms with Crippen LogP contribution in [-0.2, 0) is 9.59 Å². The fraction of sp³-hybridized carbons (Fsp3) is 0.857. The van der Waals surface area contributed by atoms with E-state index in [1.807, 2.05) is 25.7 Å². The van der Waals surface area contributed by atoms with Crippen LogP contribution in [0.2, 0.25) is 0 Å². The first kappa shape index (κ1) is 14.7. The number of thioether (sulfide) groups is 1. The van der Waals surface area contributed by atoms with Crippen LogP contribution in [0, 0.1) is 5.41 Å². The molecule has 5 heteroatoms. The fourth-order valence-electron chi connectivity index (χ4n) is 2.60. The molecule has 2 rings (SSSR count). The summed E-state index contributed by atoms with van der Waals surface area (Å²) in [4.78, 5) is 28.7. The Morgan fingerprint density at radius 2 is 1.74 bits per heavy atom. The van der Waals surface area contributed by atoms with Gasteiger partial charge in [0.15, 0.2) is 0 Å². The van der Waals surface area contributed by atoms with Crippen molar-refractivity contribution in [2.24, 2.45) is 5.41 Å². The Labute approximate surface area is 119 Å². The van der Waals surface area contributed by atoms with Crippen molar-refractivity contribution >= 4 is 23.6 Å². The molecule has 0 N–H and O–H groups in total. The summed E-state index contributed by atoms with van der Waals surface area (Å²) in [5.74, 6) is 1.65. The Kier molecular flexibility index (Phi) is 4.43. The lowest BCUT2D eigenvalue weighted by atomic mass is 9.94. The summed E-state index contributed by atoms with van der Waals surface area (Å²) in [6, 6.07) is -0.241. The van der Waals surface area contributed by atoms with Crippen molar-refractivity contribution in [2.45, 2.75) is 46.1 Å². The molecule has 108 valence electrons. The number of carbonyl (C=O) groups excluding carboxylic acids is 2. The van der Waals surface area contributed by atoms with E-state index in [4.69, 9.17) is 0 Å². The Balaban J connectivity index is 2.05. The maximum Gasteiger partial charge on any atom is 0.246 e. The number of likely N-dealkylation sites (tertiary alicyclic amines) is 1. The molecule has 0 aliphatic carbocycles. The van der Waals surface area contributed by atoms with Gasteiger partial charge in [-0.05, 0) is 19.3 Å². The van der Waals surface area contributed by atoms with Crippen LogP contribution in [0.3, 0.4) is 0 Å². The predicted molar refractivity (Wildman–Crippen MR) is 77.8 cm³/mol. The summed E-state index contributed by atoms with van der Waals surface area (Å²) in [5.41, 5.74) is -0.411. The van der Waals surface area contributed by atoms with Gasteiger partial charge in [-0.15, -0.1) is 11.8 Å². The van der Waals surface area contributed by atoms with E-state index in [0.29, 0.717) is 5.88 Å². The van der Waals surface area contributed by atoms with Gasteiger partial charge in [0.1, 0.15) is 6.04 Å². The minimum atomic E-state index is -0.411. The van der Waals surface area contributed by atoms with E-state index in [1.54, 1.807) is 16.7 Å². The summed E-state index contributed by atoms with van der Waals surface area (Å²) >= 11 is 1.68. The van der Waals surface area contributed by atoms with Crippen LogP contribution < -0.4 is 0 Å². The number of hydrogen-bond acceptors (Lipinski definition) is 3. The first-order valence-electron chi connectivity index (χ1n) is 7.09. The van der Waals surface area contributed by atoms with Gasteiger partial charge in [-0.3, -0.25) is 9.59 Å². The number of carbonyl (C=O) groups is 2. The lowest BCUT2D eigenvalue weighted by Gasteiger charge is -2.34. The molecule has 2 amide bonds. The average molecular weight is 284 g/mol. The van der Waals surface area contributed by atoms with E-state index in [-0.39, 0.29) is 17.9 Å². The highest BCUT2D eigenvalue weighted by atomic mass is 32.2. The lowest BCUT2D eigenvalue weighted by Crippen LogP contribution is -2.52. The average Bonchev–Trinajstić information content (AvgIpc) is 2.85. The highest BCUT2D eigenvalue weighted by Gasteiger charge is 2.40. The van der Waals surface area contributed by atoms with E-state index in [1.165, 1.54) is 6.42 Å². The van der Waals surface area contributed by atoms with Crippen molar-refractivity contribution in [3.05, 3.63) is 0 Å². The SMILES string of the molecule is CC(C)(C)C(=O)N1CSCC1C(=O)N1CCCCC1. The van der Waals surface area contributed by atoms with Crippen LogP contribution in [0.1, 0.15) is 40.0 Å². The zero-order valence-corrected chi connectivity index (χ0v) is 13.0. The Bertz CT molecular complexity index is 359. The third kappa shape index (κ3) is 3.25. The van der Waals surface area contributed by atoms with Crippen molar-refractivity contribution in [2.75, 3.05) is 24.7 Å². The molecule has 0 aromatic heterocycles. The molecule has 2 aliphatic heterocycles. The number of hydrogen-bond donors (Lipinski definition) is 0. The normalized spacial score (nSPS) is 24.7. The minimum absolute atomic E-state index is 0.0906. The number of nitrogens with zero attached hydrogens (tertiary/aromatic N) is 2. The molecule has 0 saturated carbocycles. The minimum Gasteiger partial charge on any atom is -0.341 e. The largest absolute Gasteiger partial charge is 0.341 e. The maximum absolute atomic E-state index is 12.6. The molecule has 2 heterocycles. The standard InChI is InChI=1S/C14H24N2O2S/c1-14(2,3)13(18)16-10-19-9-11(16)12(17)15-7-5-4-6-8-15/h11H,4-10H2,1-3H3. The van der Waals surface area contributed by atoms with E-state index in [9.17, 15) is 9.59 Å². The predicted octanol–water partition coefficient (Wildman–Crippen LogP) is 1.95. The lowest BCUT2D eigenvalue weighted by molar-refractivity contribution is -0.148. The second-order valence-electron chi connectivity index (χ2n) is 6.43. The van der Waals surface area contributed by atoms with Crippen molar-refractivity contribution in [3.8, 4) is 0 Å². The molecule has 0 spiro atoms. The smallest absolute Gasteiger partial charge is 0.246 e. The molecule has 4 nitrogen and oxygen atoms in total. The molecule has 2 saturated heterocycles. The van der Waals surface area contributed by atoms with Crippen LogP contribution in [0.15, 0.2) is 0 Å². The third-order valence-corrected chi connectivity index (χ3v) is 4.75. The van der Waals surface area contributed by atoms with Gasteiger partial charge in [0.05, 0.1) is 5.88 Å². The summed E-state index contributed by atoms with van der Waals surface area (Å²) in [5, 5.41) is 0. The molecular weight excluding hydrogens is 260 g/mol. The van der Waals surface area contributed by atoms with Crippen LogP contribution in [0.5, 0.6) is 0 Å². The van der Waals surface area contributed by atoms with Crippen LogP contribution in [0.4, 0.5) is 0 Å². The second kappa shape index (κ2) is 5.73. The van der Waals surface area contributed by atoms with Crippen LogP contribution in [-0.4, -0.2) is 52.4 Å². The van der Waals surface area contributed by atoms with Gasteiger partial charge in [0.25, 0.3) is 0 Å². The summed E-state index contributed by atoms with van der Waals surface area (Å²) in [7, 11) is 0. The molecule has 0 aromatic rings. The van der Waals surface area contributed by atoms with E-state index >= 15 is 0 Å². The zero-order valence-electron chi connectivity index (χ0n) is 12.1. The van der Waals surface area contributed by atoms with Crippen molar-refractivity contribution in [1.29, 1.82) is 0 Å². The molecule has 2 aliphatic rings. The quantitative estimate of drug-likeness (QED) is 0.739. The Morgan fingerprint density at radius 1 is 1.11 bits per heavy atom. The van der Waals surface area contributed by atoms with Crippen molar-refractivity contribution < 1.29 is 9.59 Å². The van der Waals surface area contributed by atoms with Gasteiger partial charge < -0.3 is 9.80 Å². The molecule has 0 aromatic carbocycles. The molecular formula is C14H24N2O2S.